The number of aliphatic hydroxyl groups is 1. The molecule has 0 saturated heterocycles. The Bertz CT molecular complexity index is 785. The van der Waals surface area contributed by atoms with Crippen LogP contribution in [-0.4, -0.2) is 17.8 Å². The first-order valence-corrected chi connectivity index (χ1v) is 12.5. The highest BCUT2D eigenvalue weighted by molar-refractivity contribution is 5.25. The lowest BCUT2D eigenvalue weighted by Gasteiger charge is -2.58. The van der Waals surface area contributed by atoms with Gasteiger partial charge in [0.2, 0.25) is 0 Å². The third-order valence-corrected chi connectivity index (χ3v) is 10.1. The lowest BCUT2D eigenvalue weighted by Crippen LogP contribution is -2.51. The number of hydrogen-bond acceptors (Lipinski definition) is 2. The van der Waals surface area contributed by atoms with E-state index in [1.807, 2.05) is 0 Å². The molecule has 0 radical (unpaired) electrons. The molecule has 2 heteroatoms. The number of ether oxygens (including phenoxy) is 1. The average molecular weight is 409 g/mol. The van der Waals surface area contributed by atoms with Gasteiger partial charge in [-0.1, -0.05) is 50.6 Å². The first kappa shape index (κ1) is 20.6. The van der Waals surface area contributed by atoms with Gasteiger partial charge in [0.15, 0.2) is 0 Å². The molecule has 0 aliphatic heterocycles. The average Bonchev–Trinajstić information content (AvgIpc) is 3.10. The monoisotopic (exact) mass is 408 g/mol. The lowest BCUT2D eigenvalue weighted by molar-refractivity contribution is -0.0591. The predicted molar refractivity (Wildman–Crippen MR) is 122 cm³/mol. The second-order valence-electron chi connectivity index (χ2n) is 11.5. The molecule has 1 aromatic rings. The van der Waals surface area contributed by atoms with E-state index < -0.39 is 0 Å². The molecule has 2 nitrogen and oxygen atoms in total. The Hall–Kier alpha value is -1.28. The van der Waals surface area contributed by atoms with Gasteiger partial charge < -0.3 is 9.84 Å². The van der Waals surface area contributed by atoms with E-state index in [1.165, 1.54) is 38.5 Å². The van der Waals surface area contributed by atoms with Crippen molar-refractivity contribution >= 4 is 0 Å². The van der Waals surface area contributed by atoms with Gasteiger partial charge in [-0.2, -0.15) is 0 Å². The van der Waals surface area contributed by atoms with Crippen LogP contribution in [-0.2, 0) is 0 Å². The summed E-state index contributed by atoms with van der Waals surface area (Å²) < 4.78 is 6.18. The van der Waals surface area contributed by atoms with Crippen LogP contribution in [0.25, 0.3) is 0 Å². The van der Waals surface area contributed by atoms with Crippen molar-refractivity contribution in [1.82, 2.24) is 0 Å². The summed E-state index contributed by atoms with van der Waals surface area (Å²) in [5.74, 6) is 4.93. The minimum absolute atomic E-state index is 0.101. The van der Waals surface area contributed by atoms with E-state index in [0.717, 1.165) is 48.9 Å². The Morgan fingerprint density at radius 2 is 1.83 bits per heavy atom. The molecule has 0 spiro atoms. The quantitative estimate of drug-likeness (QED) is 0.566. The molecule has 164 valence electrons. The molecule has 1 unspecified atom stereocenters. The Kier molecular flexibility index (Phi) is 5.29. The molecule has 0 heterocycles. The van der Waals surface area contributed by atoms with Gasteiger partial charge in [0.1, 0.15) is 5.75 Å². The number of aliphatic hydroxyl groups excluding tert-OH is 1. The van der Waals surface area contributed by atoms with Gasteiger partial charge >= 0.3 is 0 Å². The van der Waals surface area contributed by atoms with Gasteiger partial charge in [0, 0.05) is 0 Å². The zero-order chi connectivity index (χ0) is 20.9. The largest absolute Gasteiger partial charge is 0.493 e. The third-order valence-electron chi connectivity index (χ3n) is 10.1. The molecule has 1 N–H and O–H groups in total. The highest BCUT2D eigenvalue weighted by Gasteiger charge is 2.59. The summed E-state index contributed by atoms with van der Waals surface area (Å²) >= 11 is 0. The Morgan fingerprint density at radius 1 is 1.03 bits per heavy atom. The lowest BCUT2D eigenvalue weighted by atomic mass is 9.47. The predicted octanol–water partition coefficient (Wildman–Crippen LogP) is 6.64. The molecule has 0 bridgehead atoms. The van der Waals surface area contributed by atoms with Crippen molar-refractivity contribution in [1.29, 1.82) is 0 Å². The van der Waals surface area contributed by atoms with Crippen LogP contribution in [0.4, 0.5) is 0 Å². The summed E-state index contributed by atoms with van der Waals surface area (Å²) in [7, 11) is 0. The Morgan fingerprint density at radius 3 is 2.63 bits per heavy atom. The summed E-state index contributed by atoms with van der Waals surface area (Å²) in [6.45, 7) is 8.42. The second kappa shape index (κ2) is 7.69. The maximum absolute atomic E-state index is 10.2. The molecule has 30 heavy (non-hydrogen) atoms. The molecule has 0 amide bonds. The molecule has 3 saturated carbocycles. The van der Waals surface area contributed by atoms with Crippen LogP contribution in [0.15, 0.2) is 42.0 Å². The molecule has 4 aliphatic rings. The van der Waals surface area contributed by atoms with E-state index in [2.05, 4.69) is 57.2 Å². The van der Waals surface area contributed by atoms with Gasteiger partial charge in [-0.05, 0) is 104 Å². The summed E-state index contributed by atoms with van der Waals surface area (Å²) in [6, 6.07) is 10.3. The fourth-order valence-corrected chi connectivity index (χ4v) is 8.48. The van der Waals surface area contributed by atoms with Crippen molar-refractivity contribution in [3.8, 4) is 5.75 Å². The van der Waals surface area contributed by atoms with Crippen molar-refractivity contribution in [3.63, 3.8) is 0 Å². The van der Waals surface area contributed by atoms with E-state index in [-0.39, 0.29) is 6.10 Å². The number of rotatable bonds is 4. The van der Waals surface area contributed by atoms with E-state index in [4.69, 9.17) is 4.74 Å². The fourth-order valence-electron chi connectivity index (χ4n) is 8.48. The van der Waals surface area contributed by atoms with Crippen LogP contribution in [0.2, 0.25) is 0 Å². The number of fused-ring (bicyclic) bond motifs is 5. The first-order valence-electron chi connectivity index (χ1n) is 12.5. The van der Waals surface area contributed by atoms with Crippen LogP contribution < -0.4 is 4.74 Å². The van der Waals surface area contributed by atoms with Crippen molar-refractivity contribution in [3.05, 3.63) is 42.0 Å². The Labute approximate surface area is 183 Å². The fraction of sp³-hybridized carbons (Fsp3) is 0.714. The molecule has 4 aliphatic carbocycles. The van der Waals surface area contributed by atoms with Crippen LogP contribution in [0.5, 0.6) is 5.75 Å². The van der Waals surface area contributed by atoms with Gasteiger partial charge in [-0.25, -0.2) is 0 Å². The van der Waals surface area contributed by atoms with E-state index in [9.17, 15) is 5.11 Å². The van der Waals surface area contributed by atoms with Crippen molar-refractivity contribution in [2.75, 3.05) is 6.61 Å². The maximum atomic E-state index is 10.2. The summed E-state index contributed by atoms with van der Waals surface area (Å²) in [5.41, 5.74) is 2.41. The molecule has 1 aromatic carbocycles. The van der Waals surface area contributed by atoms with E-state index in [0.29, 0.717) is 16.7 Å². The van der Waals surface area contributed by atoms with Crippen LogP contribution in [0.1, 0.15) is 72.1 Å². The zero-order valence-corrected chi connectivity index (χ0v) is 19.1. The highest BCUT2D eigenvalue weighted by atomic mass is 16.5. The number of para-hydroxylation sites is 1. The molecule has 5 rings (SSSR count). The summed E-state index contributed by atoms with van der Waals surface area (Å²) in [6.07, 6.45) is 12.4. The normalized spacial score (nSPS) is 43.7. The molecular formula is C28H40O2. The van der Waals surface area contributed by atoms with Gasteiger partial charge in [0.25, 0.3) is 0 Å². The minimum atomic E-state index is -0.101. The summed E-state index contributed by atoms with van der Waals surface area (Å²) in [5, 5.41) is 10.2. The number of hydrogen-bond donors (Lipinski definition) is 1. The molecule has 8 atom stereocenters. The molecule has 0 aromatic heterocycles. The smallest absolute Gasteiger partial charge is 0.119 e. The molecular weight excluding hydrogens is 368 g/mol. The SMILES string of the molecule is CC(COc1ccccc1)[C@H]1CC[C@H]2[C@@H]3CC=C4C[C@@H](O)CC[C@]4(C)[C@H]3CC[C@]12C. The number of benzene rings is 1. The first-order chi connectivity index (χ1) is 14.4. The van der Waals surface area contributed by atoms with E-state index in [1.54, 1.807) is 5.57 Å². The maximum Gasteiger partial charge on any atom is 0.119 e. The van der Waals surface area contributed by atoms with Crippen molar-refractivity contribution in [2.24, 2.45) is 40.4 Å². The zero-order valence-electron chi connectivity index (χ0n) is 19.1. The van der Waals surface area contributed by atoms with E-state index >= 15 is 0 Å². The minimum Gasteiger partial charge on any atom is -0.493 e. The van der Waals surface area contributed by atoms with Gasteiger partial charge in [-0.15, -0.1) is 0 Å². The van der Waals surface area contributed by atoms with Gasteiger partial charge in [0.05, 0.1) is 12.7 Å². The van der Waals surface area contributed by atoms with Crippen molar-refractivity contribution < 1.29 is 9.84 Å². The van der Waals surface area contributed by atoms with Crippen LogP contribution in [0, 0.1) is 40.4 Å². The van der Waals surface area contributed by atoms with Crippen LogP contribution >= 0.6 is 0 Å². The Balaban J connectivity index is 1.31. The van der Waals surface area contributed by atoms with Crippen molar-refractivity contribution in [2.45, 2.75) is 78.2 Å². The van der Waals surface area contributed by atoms with Crippen LogP contribution in [0.3, 0.4) is 0 Å². The molecule has 3 fully saturated rings. The topological polar surface area (TPSA) is 29.5 Å². The summed E-state index contributed by atoms with van der Waals surface area (Å²) in [4.78, 5) is 0. The van der Waals surface area contributed by atoms with Gasteiger partial charge in [-0.3, -0.25) is 0 Å². The standard InChI is InChI=1S/C28H40O2/c1-19(18-30-22-7-5-4-6-8-22)24-11-12-25-23-10-9-20-17-21(29)13-15-27(20,2)26(23)14-16-28(24,25)3/h4-9,19,21,23-26,29H,10-18H2,1-3H3/t19?,21-,23-,24+,25-,26-,27-,28+/m0/s1. The highest BCUT2D eigenvalue weighted by Crippen LogP contribution is 2.67. The number of allylic oxidation sites excluding steroid dienone is 1. The second-order valence-corrected chi connectivity index (χ2v) is 11.5. The third kappa shape index (κ3) is 3.25.